The molecule has 0 radical (unpaired) electrons. The molecule has 6 rings (SSSR count). The van der Waals surface area contributed by atoms with E-state index in [-0.39, 0.29) is 47.0 Å². The Kier molecular flexibility index (Phi) is 5.24. The van der Waals surface area contributed by atoms with Crippen molar-refractivity contribution in [2.24, 2.45) is 51.8 Å². The lowest BCUT2D eigenvalue weighted by Crippen LogP contribution is -2.67. The lowest BCUT2D eigenvalue weighted by atomic mass is 9.33. The second-order valence-electron chi connectivity index (χ2n) is 12.5. The van der Waals surface area contributed by atoms with Crippen LogP contribution in [0.1, 0.15) is 79.1 Å². The molecule has 6 aliphatic rings. The zero-order valence-corrected chi connectivity index (χ0v) is 20.7. The number of carbonyl (C=O) groups excluding carboxylic acids is 3. The van der Waals surface area contributed by atoms with Crippen molar-refractivity contribution in [3.8, 4) is 12.3 Å². The van der Waals surface area contributed by atoms with E-state index in [9.17, 15) is 14.4 Å². The molecule has 0 unspecified atom stereocenters. The van der Waals surface area contributed by atoms with Crippen molar-refractivity contribution in [1.82, 2.24) is 5.32 Å². The van der Waals surface area contributed by atoms with Gasteiger partial charge in [0.1, 0.15) is 11.6 Å². The number of allylic oxidation sites excluding steroid dienone is 2. The Morgan fingerprint density at radius 1 is 1.15 bits per heavy atom. The second kappa shape index (κ2) is 7.56. The molecule has 1 spiro atoms. The summed E-state index contributed by atoms with van der Waals surface area (Å²) in [7, 11) is 0. The summed E-state index contributed by atoms with van der Waals surface area (Å²) >= 11 is 0. The average Bonchev–Trinajstić information content (AvgIpc) is 2.78. The molecule has 0 aromatic carbocycles. The zero-order valence-electron chi connectivity index (χ0n) is 20.7. The monoisotopic (exact) mass is 449 g/mol. The number of fused-ring (bicyclic) bond motifs is 1. The van der Waals surface area contributed by atoms with E-state index in [4.69, 9.17) is 6.42 Å². The summed E-state index contributed by atoms with van der Waals surface area (Å²) in [6, 6.07) is 0. The van der Waals surface area contributed by atoms with Crippen LogP contribution in [0.3, 0.4) is 0 Å². The van der Waals surface area contributed by atoms with Gasteiger partial charge in [0.05, 0.1) is 6.54 Å². The molecule has 0 aromatic heterocycles. The van der Waals surface area contributed by atoms with Crippen LogP contribution in [0, 0.1) is 64.1 Å². The molecular weight excluding hydrogens is 410 g/mol. The normalized spacial score (nSPS) is 46.1. The lowest BCUT2D eigenvalue weighted by Gasteiger charge is -2.70. The average molecular weight is 450 g/mol. The first-order valence-corrected chi connectivity index (χ1v) is 13.1. The number of amides is 1. The first kappa shape index (κ1) is 22.9. The molecule has 2 bridgehead atoms. The first-order valence-electron chi connectivity index (χ1n) is 13.1. The van der Waals surface area contributed by atoms with Gasteiger partial charge in [-0.2, -0.15) is 0 Å². The number of ketones is 2. The second-order valence-corrected chi connectivity index (χ2v) is 12.5. The number of terminal acetylenes is 1. The van der Waals surface area contributed by atoms with Gasteiger partial charge in [-0.15, -0.1) is 6.42 Å². The third-order valence-corrected chi connectivity index (χ3v) is 10.9. The third-order valence-electron chi connectivity index (χ3n) is 10.9. The molecule has 0 saturated heterocycles. The highest BCUT2D eigenvalue weighted by atomic mass is 16.2. The fourth-order valence-electron chi connectivity index (χ4n) is 9.69. The Morgan fingerprint density at radius 3 is 2.58 bits per heavy atom. The molecule has 4 fully saturated rings. The molecule has 4 nitrogen and oxygen atoms in total. The highest BCUT2D eigenvalue weighted by molar-refractivity contribution is 5.98. The van der Waals surface area contributed by atoms with Crippen molar-refractivity contribution in [3.05, 3.63) is 11.6 Å². The van der Waals surface area contributed by atoms with Crippen LogP contribution in [-0.2, 0) is 14.4 Å². The largest absolute Gasteiger partial charge is 0.345 e. The van der Waals surface area contributed by atoms with Crippen LogP contribution in [0.5, 0.6) is 0 Å². The highest BCUT2D eigenvalue weighted by Gasteiger charge is 2.70. The molecule has 6 aliphatic carbocycles. The standard InChI is InChI=1S/C29H39NO3/c1-6-14-30-26(33)28(5)12-7-11-27(4)22(28)10-13-29-16-19(17(2)3)18(15-23(27)29)24-20(31)8-9-21(32)25(24)29/h1,16-18,22-25H,7-15H2,2-5H3,(H,30,33)/t18-,22+,23+,24-,25+,27-,28+,29-/m0/s1. The molecule has 8 atom stereocenters. The maximum Gasteiger partial charge on any atom is 0.226 e. The Labute approximate surface area is 198 Å². The van der Waals surface area contributed by atoms with Gasteiger partial charge in [-0.3, -0.25) is 14.4 Å². The summed E-state index contributed by atoms with van der Waals surface area (Å²) in [4.78, 5) is 40.0. The predicted octanol–water partition coefficient (Wildman–Crippen LogP) is 4.73. The predicted molar refractivity (Wildman–Crippen MR) is 128 cm³/mol. The zero-order chi connectivity index (χ0) is 23.8. The fraction of sp³-hybridized carbons (Fsp3) is 0.759. The van der Waals surface area contributed by atoms with Gasteiger partial charge < -0.3 is 5.32 Å². The van der Waals surface area contributed by atoms with Gasteiger partial charge in [-0.25, -0.2) is 0 Å². The molecule has 178 valence electrons. The lowest BCUT2D eigenvalue weighted by molar-refractivity contribution is -0.194. The van der Waals surface area contributed by atoms with Crippen LogP contribution in [0.25, 0.3) is 0 Å². The molecule has 0 aliphatic heterocycles. The number of hydrogen-bond donors (Lipinski definition) is 1. The summed E-state index contributed by atoms with van der Waals surface area (Å²) in [6.07, 6.45) is 14.6. The molecule has 33 heavy (non-hydrogen) atoms. The molecule has 1 N–H and O–H groups in total. The van der Waals surface area contributed by atoms with Crippen molar-refractivity contribution >= 4 is 17.5 Å². The quantitative estimate of drug-likeness (QED) is 0.501. The Hall–Kier alpha value is -1.89. The summed E-state index contributed by atoms with van der Waals surface area (Å²) in [5.74, 6) is 4.24. The maximum atomic E-state index is 13.4. The first-order chi connectivity index (χ1) is 15.6. The van der Waals surface area contributed by atoms with Gasteiger partial charge in [-0.05, 0) is 61.2 Å². The van der Waals surface area contributed by atoms with Crippen molar-refractivity contribution in [2.45, 2.75) is 79.1 Å². The number of Topliss-reactive ketones (excluding diaryl/α,β-unsaturated/α-hetero) is 2. The van der Waals surface area contributed by atoms with Crippen LogP contribution in [0.4, 0.5) is 0 Å². The molecule has 4 heteroatoms. The summed E-state index contributed by atoms with van der Waals surface area (Å²) in [5, 5.41) is 2.99. The van der Waals surface area contributed by atoms with Crippen LogP contribution in [0.15, 0.2) is 11.6 Å². The van der Waals surface area contributed by atoms with E-state index in [1.54, 1.807) is 0 Å². The minimum atomic E-state index is -0.432. The summed E-state index contributed by atoms with van der Waals surface area (Å²) in [5.41, 5.74) is 0.758. The van der Waals surface area contributed by atoms with Crippen LogP contribution < -0.4 is 5.32 Å². The van der Waals surface area contributed by atoms with Crippen molar-refractivity contribution < 1.29 is 14.4 Å². The summed E-state index contributed by atoms with van der Waals surface area (Å²) in [6.45, 7) is 9.30. The maximum absolute atomic E-state index is 13.4. The van der Waals surface area contributed by atoms with Gasteiger partial charge in [0.2, 0.25) is 5.91 Å². The van der Waals surface area contributed by atoms with Crippen LogP contribution >= 0.6 is 0 Å². The molecule has 0 heterocycles. The molecule has 1 amide bonds. The van der Waals surface area contributed by atoms with Crippen molar-refractivity contribution in [1.29, 1.82) is 0 Å². The minimum absolute atomic E-state index is 0.0122. The minimum Gasteiger partial charge on any atom is -0.345 e. The number of carbonyl (C=O) groups is 3. The summed E-state index contributed by atoms with van der Waals surface area (Å²) < 4.78 is 0. The molecular formula is C29H39NO3. The third kappa shape index (κ3) is 2.93. The Balaban J connectivity index is 1.60. The van der Waals surface area contributed by atoms with Gasteiger partial charge in [0.25, 0.3) is 0 Å². The van der Waals surface area contributed by atoms with E-state index < -0.39 is 5.41 Å². The van der Waals surface area contributed by atoms with Crippen molar-refractivity contribution in [2.75, 3.05) is 6.54 Å². The van der Waals surface area contributed by atoms with Crippen molar-refractivity contribution in [3.63, 3.8) is 0 Å². The van der Waals surface area contributed by atoms with Gasteiger partial charge >= 0.3 is 0 Å². The molecule has 4 saturated carbocycles. The fourth-order valence-corrected chi connectivity index (χ4v) is 9.69. The van der Waals surface area contributed by atoms with E-state index in [0.29, 0.717) is 36.2 Å². The van der Waals surface area contributed by atoms with E-state index in [2.05, 4.69) is 45.0 Å². The van der Waals surface area contributed by atoms with Crippen LogP contribution in [-0.4, -0.2) is 24.0 Å². The smallest absolute Gasteiger partial charge is 0.226 e. The highest BCUT2D eigenvalue weighted by Crippen LogP contribution is 2.74. The van der Waals surface area contributed by atoms with E-state index >= 15 is 0 Å². The molecule has 0 aromatic rings. The van der Waals surface area contributed by atoms with Crippen LogP contribution in [0.2, 0.25) is 0 Å². The van der Waals surface area contributed by atoms with Gasteiger partial charge in [-0.1, -0.05) is 51.7 Å². The van der Waals surface area contributed by atoms with E-state index in [1.165, 1.54) is 5.57 Å². The van der Waals surface area contributed by atoms with E-state index in [1.807, 2.05) is 0 Å². The number of hydrogen-bond acceptors (Lipinski definition) is 3. The topological polar surface area (TPSA) is 63.2 Å². The SMILES string of the molecule is C#CCNC(=O)[C@]1(C)CCC[C@]2(C)[C@H]3C[C@H]4C(C(C)C)=C[C@]3(CC[C@H]21)[C@@H]1C(=O)CCC(=O)[C@@H]14. The number of nitrogens with one attached hydrogen (secondary N) is 1. The number of rotatable bonds is 3. The Morgan fingerprint density at radius 2 is 1.88 bits per heavy atom. The van der Waals surface area contributed by atoms with Gasteiger partial charge in [0, 0.05) is 35.5 Å². The van der Waals surface area contributed by atoms with E-state index in [0.717, 1.165) is 38.5 Å². The Bertz CT molecular complexity index is 972. The van der Waals surface area contributed by atoms with Gasteiger partial charge in [0.15, 0.2) is 0 Å².